The van der Waals surface area contributed by atoms with Crippen LogP contribution in [0.25, 0.3) is 0 Å². The Bertz CT molecular complexity index is 662. The Morgan fingerprint density at radius 1 is 0.840 bits per heavy atom. The van der Waals surface area contributed by atoms with Crippen LogP contribution in [-0.4, -0.2) is 11.6 Å². The van der Waals surface area contributed by atoms with E-state index in [1.54, 1.807) is 6.20 Å². The first-order chi connectivity index (χ1) is 12.3. The fourth-order valence-electron chi connectivity index (χ4n) is 2.61. The van der Waals surface area contributed by atoms with Crippen LogP contribution in [0.5, 0.6) is 5.75 Å². The Balaban J connectivity index is 1.80. The van der Waals surface area contributed by atoms with Gasteiger partial charge in [-0.2, -0.15) is 0 Å². The molecule has 1 aromatic heterocycles. The maximum Gasteiger partial charge on any atom is 0.137 e. The summed E-state index contributed by atoms with van der Waals surface area (Å²) >= 11 is 0. The average molecular weight is 335 g/mol. The van der Waals surface area contributed by atoms with Gasteiger partial charge in [0, 0.05) is 5.56 Å². The maximum absolute atomic E-state index is 5.73. The van der Waals surface area contributed by atoms with Gasteiger partial charge in [-0.05, 0) is 48.6 Å². The van der Waals surface area contributed by atoms with Crippen LogP contribution in [0.3, 0.4) is 0 Å². The lowest BCUT2D eigenvalue weighted by molar-refractivity contribution is 0.303. The van der Waals surface area contributed by atoms with E-state index >= 15 is 0 Å². The van der Waals surface area contributed by atoms with Gasteiger partial charge in [0.2, 0.25) is 0 Å². The monoisotopic (exact) mass is 335 g/mol. The van der Waals surface area contributed by atoms with E-state index in [2.05, 4.69) is 54.9 Å². The van der Waals surface area contributed by atoms with Crippen molar-refractivity contribution >= 4 is 0 Å². The molecule has 0 unspecified atom stereocenters. The third-order valence-electron chi connectivity index (χ3n) is 4.08. The van der Waals surface area contributed by atoms with Crippen molar-refractivity contribution in [2.45, 2.75) is 58.8 Å². The molecule has 1 aromatic carbocycles. The number of ether oxygens (including phenoxy) is 1. The van der Waals surface area contributed by atoms with Crippen molar-refractivity contribution in [3.05, 3.63) is 59.4 Å². The van der Waals surface area contributed by atoms with Crippen LogP contribution < -0.4 is 4.74 Å². The van der Waals surface area contributed by atoms with E-state index in [4.69, 9.17) is 4.74 Å². The lowest BCUT2D eigenvalue weighted by Crippen LogP contribution is -1.98. The van der Waals surface area contributed by atoms with E-state index in [0.29, 0.717) is 0 Å². The van der Waals surface area contributed by atoms with Crippen LogP contribution >= 0.6 is 0 Å². The molecule has 0 radical (unpaired) electrons. The van der Waals surface area contributed by atoms with Gasteiger partial charge in [-0.3, -0.25) is 0 Å². The largest absolute Gasteiger partial charge is 0.492 e. The molecule has 0 aliphatic heterocycles. The van der Waals surface area contributed by atoms with Gasteiger partial charge < -0.3 is 4.74 Å². The highest BCUT2D eigenvalue weighted by Crippen LogP contribution is 2.11. The first-order valence-corrected chi connectivity index (χ1v) is 9.51. The van der Waals surface area contributed by atoms with Crippen molar-refractivity contribution in [2.24, 2.45) is 0 Å². The summed E-state index contributed by atoms with van der Waals surface area (Å²) in [5, 5.41) is 0. The van der Waals surface area contributed by atoms with E-state index in [9.17, 15) is 0 Å². The molecule has 0 aliphatic carbocycles. The summed E-state index contributed by atoms with van der Waals surface area (Å²) in [6, 6.07) is 12.3. The van der Waals surface area contributed by atoms with Gasteiger partial charge in [0.1, 0.15) is 11.4 Å². The lowest BCUT2D eigenvalue weighted by atomic mass is 10.1. The van der Waals surface area contributed by atoms with Crippen molar-refractivity contribution in [1.82, 2.24) is 4.98 Å². The number of nitrogens with zero attached hydrogens (tertiary/aromatic N) is 1. The van der Waals surface area contributed by atoms with Crippen LogP contribution in [0.2, 0.25) is 0 Å². The summed E-state index contributed by atoms with van der Waals surface area (Å²) in [5.74, 6) is 7.11. The quantitative estimate of drug-likeness (QED) is 0.428. The molecule has 1 heterocycles. The molecule has 2 heteroatoms. The molecule has 2 rings (SSSR count). The molecule has 0 saturated carbocycles. The average Bonchev–Trinajstić information content (AvgIpc) is 2.65. The summed E-state index contributed by atoms with van der Waals surface area (Å²) < 4.78 is 5.73. The van der Waals surface area contributed by atoms with Gasteiger partial charge in [-0.1, -0.05) is 64.0 Å². The van der Waals surface area contributed by atoms with E-state index in [1.807, 2.05) is 12.1 Å². The molecule has 0 amide bonds. The smallest absolute Gasteiger partial charge is 0.137 e. The topological polar surface area (TPSA) is 22.1 Å². The van der Waals surface area contributed by atoms with Crippen molar-refractivity contribution in [1.29, 1.82) is 0 Å². The van der Waals surface area contributed by atoms with Gasteiger partial charge in [-0.25, -0.2) is 4.98 Å². The van der Waals surface area contributed by atoms with Crippen molar-refractivity contribution in [3.8, 4) is 17.6 Å². The third-order valence-corrected chi connectivity index (χ3v) is 4.08. The minimum atomic E-state index is 0.764. The molecule has 0 saturated heterocycles. The Labute approximate surface area is 152 Å². The van der Waals surface area contributed by atoms with Crippen molar-refractivity contribution in [2.75, 3.05) is 6.61 Å². The van der Waals surface area contributed by atoms with Crippen LogP contribution in [0, 0.1) is 11.8 Å². The number of aryl methyl sites for hydroxylation is 1. The minimum Gasteiger partial charge on any atom is -0.492 e. The highest BCUT2D eigenvalue weighted by molar-refractivity contribution is 5.41. The molecule has 2 aromatic rings. The summed E-state index contributed by atoms with van der Waals surface area (Å²) in [7, 11) is 0. The molecular weight excluding hydrogens is 306 g/mol. The molecule has 2 nitrogen and oxygen atoms in total. The summed E-state index contributed by atoms with van der Waals surface area (Å²) in [6.45, 7) is 5.19. The highest BCUT2D eigenvalue weighted by atomic mass is 16.5. The molecule has 0 atom stereocenters. The minimum absolute atomic E-state index is 0.764. The third kappa shape index (κ3) is 7.44. The van der Waals surface area contributed by atoms with Crippen LogP contribution in [0.4, 0.5) is 0 Å². The van der Waals surface area contributed by atoms with Gasteiger partial charge in [-0.15, -0.1) is 0 Å². The van der Waals surface area contributed by atoms with Crippen LogP contribution in [-0.2, 0) is 6.42 Å². The normalized spacial score (nSPS) is 10.2. The molecule has 0 aliphatic rings. The molecule has 132 valence electrons. The number of pyridine rings is 1. The van der Waals surface area contributed by atoms with Crippen LogP contribution in [0.15, 0.2) is 42.6 Å². The molecule has 25 heavy (non-hydrogen) atoms. The maximum atomic E-state index is 5.73. The summed E-state index contributed by atoms with van der Waals surface area (Å²) in [6.07, 6.45) is 10.3. The second-order valence-corrected chi connectivity index (χ2v) is 6.34. The number of hydrogen-bond donors (Lipinski definition) is 0. The first kappa shape index (κ1) is 19.1. The predicted octanol–water partition coefficient (Wildman–Crippen LogP) is 5.78. The zero-order valence-corrected chi connectivity index (χ0v) is 15.6. The fraction of sp³-hybridized carbons (Fsp3) is 0.435. The lowest BCUT2D eigenvalue weighted by Gasteiger charge is -2.05. The van der Waals surface area contributed by atoms with E-state index < -0.39 is 0 Å². The number of unbranched alkanes of at least 4 members (excludes halogenated alkanes) is 4. The molecular formula is C23H29NO. The Kier molecular flexibility index (Phi) is 8.63. The second-order valence-electron chi connectivity index (χ2n) is 6.34. The molecule has 0 fully saturated rings. The number of benzene rings is 1. The zero-order valence-electron chi connectivity index (χ0n) is 15.6. The van der Waals surface area contributed by atoms with Gasteiger partial charge in [0.15, 0.2) is 0 Å². The van der Waals surface area contributed by atoms with Crippen LogP contribution in [0.1, 0.15) is 69.2 Å². The first-order valence-electron chi connectivity index (χ1n) is 9.51. The zero-order chi connectivity index (χ0) is 17.7. The molecule has 0 N–H and O–H groups in total. The van der Waals surface area contributed by atoms with Crippen molar-refractivity contribution in [3.63, 3.8) is 0 Å². The standard InChI is InChI=1S/C23H29NO/c1-3-5-6-7-8-18-25-23-17-16-22(24-19-23)15-14-21-12-10-20(9-4-2)11-13-21/h10-13,16-17,19H,3-9,18H2,1-2H3. The molecule has 0 bridgehead atoms. The van der Waals surface area contributed by atoms with Gasteiger partial charge in [0.25, 0.3) is 0 Å². The summed E-state index contributed by atoms with van der Waals surface area (Å²) in [4.78, 5) is 4.37. The Morgan fingerprint density at radius 3 is 2.32 bits per heavy atom. The Morgan fingerprint density at radius 2 is 1.64 bits per heavy atom. The van der Waals surface area contributed by atoms with Gasteiger partial charge >= 0.3 is 0 Å². The SMILES string of the molecule is CCCCCCCOc1ccc(C#Cc2ccc(CCC)cc2)nc1. The van der Waals surface area contributed by atoms with E-state index in [-0.39, 0.29) is 0 Å². The number of hydrogen-bond acceptors (Lipinski definition) is 2. The fourth-order valence-corrected chi connectivity index (χ4v) is 2.61. The highest BCUT2D eigenvalue weighted by Gasteiger charge is 1.96. The Hall–Kier alpha value is -2.27. The molecule has 0 spiro atoms. The van der Waals surface area contributed by atoms with E-state index in [1.165, 1.54) is 37.7 Å². The predicted molar refractivity (Wildman–Crippen MR) is 105 cm³/mol. The second kappa shape index (κ2) is 11.3. The number of rotatable bonds is 9. The van der Waals surface area contributed by atoms with E-state index in [0.717, 1.165) is 36.5 Å². The van der Waals surface area contributed by atoms with Gasteiger partial charge in [0.05, 0.1) is 12.8 Å². The van der Waals surface area contributed by atoms with Crippen molar-refractivity contribution < 1.29 is 4.74 Å². The summed E-state index contributed by atoms with van der Waals surface area (Å²) in [5.41, 5.74) is 3.16. The number of aromatic nitrogens is 1.